The highest BCUT2D eigenvalue weighted by Crippen LogP contribution is 2.28. The average Bonchev–Trinajstić information content (AvgIpc) is 2.91. The van der Waals surface area contributed by atoms with Crippen molar-refractivity contribution in [1.29, 1.82) is 0 Å². The maximum Gasteiger partial charge on any atom is 0.293 e. The van der Waals surface area contributed by atoms with E-state index in [1.54, 1.807) is 0 Å². The molecule has 38 heavy (non-hydrogen) atoms. The number of hydrogen-bond acceptors (Lipinski definition) is 5. The number of anilines is 2. The number of guanidine groups is 1. The van der Waals surface area contributed by atoms with Crippen LogP contribution in [0, 0.1) is 6.92 Å². The summed E-state index contributed by atoms with van der Waals surface area (Å²) in [7, 11) is 0. The lowest BCUT2D eigenvalue weighted by Gasteiger charge is -2.30. The third-order valence-corrected chi connectivity index (χ3v) is 6.88. The molecule has 3 aromatic carbocycles. The lowest BCUT2D eigenvalue weighted by atomic mass is 9.90. The Morgan fingerprint density at radius 3 is 2.45 bits per heavy atom. The van der Waals surface area contributed by atoms with Crippen molar-refractivity contribution in [3.05, 3.63) is 95.3 Å². The van der Waals surface area contributed by atoms with Crippen molar-refractivity contribution >= 4 is 34.3 Å². The van der Waals surface area contributed by atoms with E-state index in [4.69, 9.17) is 11.5 Å². The van der Waals surface area contributed by atoms with Crippen LogP contribution in [-0.4, -0.2) is 33.9 Å². The van der Waals surface area contributed by atoms with Crippen LogP contribution in [0.15, 0.2) is 77.8 Å². The van der Waals surface area contributed by atoms with Crippen LogP contribution in [0.4, 0.5) is 11.5 Å². The maximum atomic E-state index is 13.2. The van der Waals surface area contributed by atoms with E-state index in [1.165, 1.54) is 11.1 Å². The van der Waals surface area contributed by atoms with Crippen LogP contribution in [0.2, 0.25) is 0 Å². The topological polar surface area (TPSA) is 131 Å². The average molecular weight is 508 g/mol. The molecule has 5 rings (SSSR count). The standard InChI is InChI=1S/C30H33N7O/c1-19-11-16-24-23(17-19)27(35-25-9-5-6-10-26(25)36-30(31)32)37-28(34-24)29(38)33-22-14-12-21(13-15-22)18-20-7-3-2-4-8-20/h2-4,7-8,11-17,25-26H,5-6,9-10,18H2,1H3,(H,33,38)(H4,31,32,36)(H,34,35,37). The third kappa shape index (κ3) is 6.08. The Balaban J connectivity index is 1.38. The fourth-order valence-electron chi connectivity index (χ4n) is 4.98. The second kappa shape index (κ2) is 11.3. The first-order valence-electron chi connectivity index (χ1n) is 13.0. The number of carbonyl (C=O) groups is 1. The minimum absolute atomic E-state index is 0.0116. The van der Waals surface area contributed by atoms with Gasteiger partial charge in [-0.25, -0.2) is 15.0 Å². The first-order valence-corrected chi connectivity index (χ1v) is 13.0. The van der Waals surface area contributed by atoms with Gasteiger partial charge in [0.2, 0.25) is 5.82 Å². The van der Waals surface area contributed by atoms with E-state index < -0.39 is 0 Å². The number of aryl methyl sites for hydroxylation is 1. The van der Waals surface area contributed by atoms with Crippen LogP contribution < -0.4 is 22.1 Å². The number of hydrogen-bond donors (Lipinski definition) is 4. The van der Waals surface area contributed by atoms with Crippen LogP contribution in [0.1, 0.15) is 53.0 Å². The highest BCUT2D eigenvalue weighted by molar-refractivity contribution is 6.04. The first kappa shape index (κ1) is 25.2. The SMILES string of the molecule is Cc1ccc2nc(C(=O)Nc3ccc(Cc4ccccc4)cc3)nc(NC3CCCCC3N=C(N)N)c2c1. The van der Waals surface area contributed by atoms with Crippen molar-refractivity contribution in [2.45, 2.75) is 51.1 Å². The molecule has 4 aromatic rings. The Morgan fingerprint density at radius 1 is 0.947 bits per heavy atom. The van der Waals surface area contributed by atoms with Crippen molar-refractivity contribution < 1.29 is 4.79 Å². The predicted molar refractivity (Wildman–Crippen MR) is 153 cm³/mol. The molecule has 1 heterocycles. The van der Waals surface area contributed by atoms with Crippen molar-refractivity contribution in [1.82, 2.24) is 9.97 Å². The van der Waals surface area contributed by atoms with Crippen LogP contribution in [-0.2, 0) is 6.42 Å². The summed E-state index contributed by atoms with van der Waals surface area (Å²) in [6.07, 6.45) is 4.78. The smallest absolute Gasteiger partial charge is 0.293 e. The minimum Gasteiger partial charge on any atom is -0.370 e. The van der Waals surface area contributed by atoms with Crippen molar-refractivity contribution in [2.75, 3.05) is 10.6 Å². The molecule has 0 aliphatic heterocycles. The van der Waals surface area contributed by atoms with E-state index in [1.807, 2.05) is 67.6 Å². The van der Waals surface area contributed by atoms with Gasteiger partial charge in [-0.2, -0.15) is 0 Å². The molecular weight excluding hydrogens is 474 g/mol. The minimum atomic E-state index is -0.365. The van der Waals surface area contributed by atoms with E-state index in [-0.39, 0.29) is 29.8 Å². The number of aliphatic imine (C=N–C) groups is 1. The molecule has 1 aromatic heterocycles. The zero-order chi connectivity index (χ0) is 26.5. The summed E-state index contributed by atoms with van der Waals surface area (Å²) in [6.45, 7) is 2.02. The molecule has 1 amide bonds. The van der Waals surface area contributed by atoms with Gasteiger partial charge in [0.1, 0.15) is 5.82 Å². The molecule has 0 spiro atoms. The molecular formula is C30H33N7O. The second-order valence-electron chi connectivity index (χ2n) is 9.89. The summed E-state index contributed by atoms with van der Waals surface area (Å²) in [5.74, 6) is 0.439. The molecule has 0 saturated heterocycles. The molecule has 1 saturated carbocycles. The number of amides is 1. The summed E-state index contributed by atoms with van der Waals surface area (Å²) < 4.78 is 0. The van der Waals surface area contributed by atoms with Crippen molar-refractivity contribution in [3.8, 4) is 0 Å². The van der Waals surface area contributed by atoms with Crippen LogP contribution >= 0.6 is 0 Å². The largest absolute Gasteiger partial charge is 0.370 e. The number of nitrogens with zero attached hydrogens (tertiary/aromatic N) is 3. The molecule has 1 fully saturated rings. The van der Waals surface area contributed by atoms with Crippen LogP contribution in [0.3, 0.4) is 0 Å². The van der Waals surface area contributed by atoms with Gasteiger partial charge in [-0.15, -0.1) is 0 Å². The van der Waals surface area contributed by atoms with Gasteiger partial charge in [-0.3, -0.25) is 4.79 Å². The summed E-state index contributed by atoms with van der Waals surface area (Å²) in [6, 6.07) is 24.0. The molecule has 8 heteroatoms. The fraction of sp³-hybridized carbons (Fsp3) is 0.267. The number of rotatable bonds is 7. The zero-order valence-corrected chi connectivity index (χ0v) is 21.5. The first-order chi connectivity index (χ1) is 18.4. The molecule has 1 aliphatic carbocycles. The molecule has 2 unspecified atom stereocenters. The fourth-order valence-corrected chi connectivity index (χ4v) is 4.98. The number of fused-ring (bicyclic) bond motifs is 1. The molecule has 2 atom stereocenters. The number of aromatic nitrogens is 2. The normalized spacial score (nSPS) is 17.1. The lowest BCUT2D eigenvalue weighted by Crippen LogP contribution is -2.38. The van der Waals surface area contributed by atoms with E-state index in [0.29, 0.717) is 17.0 Å². The van der Waals surface area contributed by atoms with E-state index in [0.717, 1.165) is 43.1 Å². The molecule has 194 valence electrons. The summed E-state index contributed by atoms with van der Waals surface area (Å²) in [4.78, 5) is 26.9. The predicted octanol–water partition coefficient (Wildman–Crippen LogP) is 4.78. The summed E-state index contributed by atoms with van der Waals surface area (Å²) in [5, 5.41) is 7.35. The Kier molecular flexibility index (Phi) is 7.49. The van der Waals surface area contributed by atoms with Gasteiger partial charge in [0.25, 0.3) is 5.91 Å². The molecule has 0 radical (unpaired) electrons. The van der Waals surface area contributed by atoms with Crippen molar-refractivity contribution in [3.63, 3.8) is 0 Å². The van der Waals surface area contributed by atoms with Crippen LogP contribution in [0.25, 0.3) is 10.9 Å². The van der Waals surface area contributed by atoms with Gasteiger partial charge < -0.3 is 22.1 Å². The lowest BCUT2D eigenvalue weighted by molar-refractivity contribution is 0.101. The van der Waals surface area contributed by atoms with E-state index in [2.05, 4.69) is 37.7 Å². The van der Waals surface area contributed by atoms with Crippen LogP contribution in [0.5, 0.6) is 0 Å². The monoisotopic (exact) mass is 507 g/mol. The van der Waals surface area contributed by atoms with Gasteiger partial charge in [-0.1, -0.05) is 66.9 Å². The number of nitrogens with two attached hydrogens (primary N) is 2. The molecule has 1 aliphatic rings. The van der Waals surface area contributed by atoms with Gasteiger partial charge in [0.15, 0.2) is 5.96 Å². The van der Waals surface area contributed by atoms with Gasteiger partial charge in [0, 0.05) is 11.1 Å². The van der Waals surface area contributed by atoms with Gasteiger partial charge in [-0.05, 0) is 61.6 Å². The third-order valence-electron chi connectivity index (χ3n) is 6.88. The Morgan fingerprint density at radius 2 is 1.68 bits per heavy atom. The maximum absolute atomic E-state index is 13.2. The highest BCUT2D eigenvalue weighted by atomic mass is 16.2. The second-order valence-corrected chi connectivity index (χ2v) is 9.89. The molecule has 0 bridgehead atoms. The zero-order valence-electron chi connectivity index (χ0n) is 21.5. The number of carbonyl (C=O) groups excluding carboxylic acids is 1. The summed E-state index contributed by atoms with van der Waals surface area (Å²) in [5.41, 5.74) is 16.3. The van der Waals surface area contributed by atoms with Gasteiger partial charge in [0.05, 0.1) is 17.6 Å². The van der Waals surface area contributed by atoms with E-state index >= 15 is 0 Å². The van der Waals surface area contributed by atoms with Crippen molar-refractivity contribution in [2.24, 2.45) is 16.5 Å². The highest BCUT2D eigenvalue weighted by Gasteiger charge is 2.26. The Labute approximate surface area is 222 Å². The number of nitrogens with one attached hydrogen (secondary N) is 2. The summed E-state index contributed by atoms with van der Waals surface area (Å²) >= 11 is 0. The van der Waals surface area contributed by atoms with Gasteiger partial charge >= 0.3 is 0 Å². The number of benzene rings is 3. The molecule has 6 N–H and O–H groups in total. The van der Waals surface area contributed by atoms with E-state index in [9.17, 15) is 4.79 Å². The Hall–Kier alpha value is -4.46. The molecule has 8 nitrogen and oxygen atoms in total. The quantitative estimate of drug-likeness (QED) is 0.210. The Bertz CT molecular complexity index is 1450.